The van der Waals surface area contributed by atoms with Crippen LogP contribution in [-0.4, -0.2) is 30.3 Å². The lowest BCUT2D eigenvalue weighted by atomic mass is 10.2. The number of aliphatic hydroxyl groups excluding tert-OH is 1. The van der Waals surface area contributed by atoms with Gasteiger partial charge in [0, 0.05) is 11.6 Å². The molecule has 0 spiro atoms. The van der Waals surface area contributed by atoms with Crippen LogP contribution in [0.3, 0.4) is 0 Å². The van der Waals surface area contributed by atoms with Gasteiger partial charge in [0.05, 0.1) is 13.2 Å². The number of rotatable bonds is 7. The van der Waals surface area contributed by atoms with Gasteiger partial charge >= 0.3 is 0 Å². The molecule has 0 saturated heterocycles. The van der Waals surface area contributed by atoms with Gasteiger partial charge in [-0.2, -0.15) is 0 Å². The molecule has 0 bridgehead atoms. The van der Waals surface area contributed by atoms with Gasteiger partial charge in [0.25, 0.3) is 5.91 Å². The second kappa shape index (κ2) is 7.71. The summed E-state index contributed by atoms with van der Waals surface area (Å²) in [5.41, 5.74) is 0.568. The van der Waals surface area contributed by atoms with E-state index in [0.29, 0.717) is 12.2 Å². The number of hydrogen-bond acceptors (Lipinski definition) is 3. The summed E-state index contributed by atoms with van der Waals surface area (Å²) in [5.74, 6) is 0.590. The molecule has 0 aliphatic heterocycles. The van der Waals surface area contributed by atoms with Crippen LogP contribution in [-0.2, 0) is 0 Å². The van der Waals surface area contributed by atoms with E-state index in [1.807, 2.05) is 0 Å². The lowest BCUT2D eigenvalue weighted by molar-refractivity contribution is 0.0922. The molecule has 0 aliphatic carbocycles. The van der Waals surface area contributed by atoms with E-state index in [1.165, 1.54) is 0 Å². The number of ether oxygens (including phenoxy) is 1. The Bertz CT molecular complexity index is 362. The third-order valence-electron chi connectivity index (χ3n) is 2.53. The third-order valence-corrected chi connectivity index (χ3v) is 2.53. The monoisotopic (exact) mass is 251 g/mol. The Morgan fingerprint density at radius 1 is 1.39 bits per heavy atom. The number of benzene rings is 1. The molecule has 4 heteroatoms. The summed E-state index contributed by atoms with van der Waals surface area (Å²) in [6.07, 6.45) is 2.12. The molecule has 0 saturated carbocycles. The first-order chi connectivity index (χ1) is 8.67. The number of nitrogens with one attached hydrogen (secondary N) is 1. The first-order valence-electron chi connectivity index (χ1n) is 6.32. The number of aliphatic hydroxyl groups is 1. The van der Waals surface area contributed by atoms with Crippen LogP contribution in [0.4, 0.5) is 0 Å². The fraction of sp³-hybridized carbons (Fsp3) is 0.500. The van der Waals surface area contributed by atoms with E-state index in [2.05, 4.69) is 12.2 Å². The average molecular weight is 251 g/mol. The Labute approximate surface area is 108 Å². The number of amides is 1. The lowest BCUT2D eigenvalue weighted by Gasteiger charge is -2.11. The minimum absolute atomic E-state index is 0.0655. The van der Waals surface area contributed by atoms with Gasteiger partial charge < -0.3 is 15.2 Å². The first-order valence-corrected chi connectivity index (χ1v) is 6.32. The first kappa shape index (κ1) is 14.5. The molecule has 18 heavy (non-hydrogen) atoms. The molecule has 0 fully saturated rings. The summed E-state index contributed by atoms with van der Waals surface area (Å²) < 4.78 is 5.51. The van der Waals surface area contributed by atoms with Gasteiger partial charge in [-0.05, 0) is 37.6 Å². The minimum atomic E-state index is -0.238. The highest BCUT2D eigenvalue weighted by Gasteiger charge is 2.08. The molecule has 0 radical (unpaired) electrons. The van der Waals surface area contributed by atoms with E-state index in [9.17, 15) is 4.79 Å². The van der Waals surface area contributed by atoms with E-state index < -0.39 is 0 Å². The zero-order valence-corrected chi connectivity index (χ0v) is 11.0. The highest BCUT2D eigenvalue weighted by atomic mass is 16.5. The fourth-order valence-electron chi connectivity index (χ4n) is 1.39. The molecule has 0 unspecified atom stereocenters. The van der Waals surface area contributed by atoms with Crippen LogP contribution >= 0.6 is 0 Å². The molecular formula is C14H21NO3. The van der Waals surface area contributed by atoms with Crippen molar-refractivity contribution in [1.29, 1.82) is 0 Å². The van der Waals surface area contributed by atoms with Crippen LogP contribution in [0, 0.1) is 0 Å². The van der Waals surface area contributed by atoms with Crippen LogP contribution in [0.15, 0.2) is 24.3 Å². The minimum Gasteiger partial charge on any atom is -0.494 e. The lowest BCUT2D eigenvalue weighted by Crippen LogP contribution is -2.34. The summed E-state index contributed by atoms with van der Waals surface area (Å²) in [5, 5.41) is 11.5. The Hall–Kier alpha value is -1.55. The Kier molecular flexibility index (Phi) is 6.22. The molecule has 1 aromatic carbocycles. The van der Waals surface area contributed by atoms with Crippen LogP contribution < -0.4 is 10.1 Å². The standard InChI is InChI=1S/C14H21NO3/c1-3-4-9-18-13-7-5-12(6-8-13)14(17)15-11(2)10-16/h5-8,11,16H,3-4,9-10H2,1-2H3,(H,15,17)/t11-/m0/s1. The molecule has 1 aromatic rings. The number of carbonyl (C=O) groups is 1. The van der Waals surface area contributed by atoms with Crippen molar-refractivity contribution in [3.8, 4) is 5.75 Å². The maximum Gasteiger partial charge on any atom is 0.251 e. The predicted octanol–water partition coefficient (Wildman–Crippen LogP) is 1.98. The van der Waals surface area contributed by atoms with E-state index >= 15 is 0 Å². The summed E-state index contributed by atoms with van der Waals surface area (Å²) in [6, 6.07) is 6.78. The number of unbranched alkanes of at least 4 members (excludes halogenated alkanes) is 1. The van der Waals surface area contributed by atoms with Crippen molar-refractivity contribution in [2.24, 2.45) is 0 Å². The predicted molar refractivity (Wildman–Crippen MR) is 70.9 cm³/mol. The molecule has 1 amide bonds. The molecule has 0 heterocycles. The van der Waals surface area contributed by atoms with E-state index in [1.54, 1.807) is 31.2 Å². The normalized spacial score (nSPS) is 11.9. The summed E-state index contributed by atoms with van der Waals surface area (Å²) in [7, 11) is 0. The van der Waals surface area contributed by atoms with Gasteiger partial charge in [0.1, 0.15) is 5.75 Å². The topological polar surface area (TPSA) is 58.6 Å². The zero-order chi connectivity index (χ0) is 13.4. The van der Waals surface area contributed by atoms with Crippen molar-refractivity contribution in [2.75, 3.05) is 13.2 Å². The van der Waals surface area contributed by atoms with Crippen LogP contribution in [0.25, 0.3) is 0 Å². The van der Waals surface area contributed by atoms with Gasteiger partial charge in [-0.15, -0.1) is 0 Å². The molecule has 1 rings (SSSR count). The third kappa shape index (κ3) is 4.75. The van der Waals surface area contributed by atoms with E-state index in [0.717, 1.165) is 18.6 Å². The maximum atomic E-state index is 11.7. The molecule has 4 nitrogen and oxygen atoms in total. The van der Waals surface area contributed by atoms with Crippen molar-refractivity contribution in [1.82, 2.24) is 5.32 Å². The molecule has 0 aliphatic rings. The fourth-order valence-corrected chi connectivity index (χ4v) is 1.39. The molecule has 0 aromatic heterocycles. The van der Waals surface area contributed by atoms with Gasteiger partial charge in [-0.25, -0.2) is 0 Å². The molecule has 1 atom stereocenters. The van der Waals surface area contributed by atoms with Crippen LogP contribution in [0.2, 0.25) is 0 Å². The van der Waals surface area contributed by atoms with Crippen LogP contribution in [0.5, 0.6) is 5.75 Å². The van der Waals surface area contributed by atoms with Crippen molar-refractivity contribution in [3.63, 3.8) is 0 Å². The van der Waals surface area contributed by atoms with Crippen molar-refractivity contribution in [3.05, 3.63) is 29.8 Å². The average Bonchev–Trinajstić information content (AvgIpc) is 2.39. The summed E-state index contributed by atoms with van der Waals surface area (Å²) in [6.45, 7) is 4.49. The summed E-state index contributed by atoms with van der Waals surface area (Å²) in [4.78, 5) is 11.7. The molecule has 2 N–H and O–H groups in total. The van der Waals surface area contributed by atoms with Gasteiger partial charge in [-0.1, -0.05) is 13.3 Å². The van der Waals surface area contributed by atoms with Gasteiger partial charge in [0.2, 0.25) is 0 Å². The Morgan fingerprint density at radius 3 is 2.61 bits per heavy atom. The number of hydrogen-bond donors (Lipinski definition) is 2. The van der Waals surface area contributed by atoms with Crippen molar-refractivity contribution < 1.29 is 14.6 Å². The zero-order valence-electron chi connectivity index (χ0n) is 11.0. The second-order valence-electron chi connectivity index (χ2n) is 4.28. The van der Waals surface area contributed by atoms with Gasteiger partial charge in [-0.3, -0.25) is 4.79 Å². The van der Waals surface area contributed by atoms with Crippen molar-refractivity contribution >= 4 is 5.91 Å². The smallest absolute Gasteiger partial charge is 0.251 e. The maximum absolute atomic E-state index is 11.7. The summed E-state index contributed by atoms with van der Waals surface area (Å²) >= 11 is 0. The number of carbonyl (C=O) groups excluding carboxylic acids is 1. The highest BCUT2D eigenvalue weighted by molar-refractivity contribution is 5.94. The molecule has 100 valence electrons. The second-order valence-corrected chi connectivity index (χ2v) is 4.28. The van der Waals surface area contributed by atoms with Gasteiger partial charge in [0.15, 0.2) is 0 Å². The SMILES string of the molecule is CCCCOc1ccc(C(=O)N[C@@H](C)CO)cc1. The van der Waals surface area contributed by atoms with Crippen LogP contribution in [0.1, 0.15) is 37.0 Å². The Morgan fingerprint density at radius 2 is 2.06 bits per heavy atom. The van der Waals surface area contributed by atoms with E-state index in [4.69, 9.17) is 9.84 Å². The Balaban J connectivity index is 2.51. The molecular weight excluding hydrogens is 230 g/mol. The van der Waals surface area contributed by atoms with Crippen molar-refractivity contribution in [2.45, 2.75) is 32.7 Å². The highest BCUT2D eigenvalue weighted by Crippen LogP contribution is 2.12. The van der Waals surface area contributed by atoms with E-state index in [-0.39, 0.29) is 18.6 Å². The quantitative estimate of drug-likeness (QED) is 0.728. The largest absolute Gasteiger partial charge is 0.494 e.